The van der Waals surface area contributed by atoms with Crippen molar-refractivity contribution in [3.63, 3.8) is 0 Å². The minimum atomic E-state index is -0.833. The van der Waals surface area contributed by atoms with Gasteiger partial charge in [-0.2, -0.15) is 0 Å². The highest BCUT2D eigenvalue weighted by molar-refractivity contribution is 7.16. The third-order valence-corrected chi connectivity index (χ3v) is 3.65. The fourth-order valence-electron chi connectivity index (χ4n) is 2.77. The Morgan fingerprint density at radius 2 is 0.952 bits per heavy atom. The summed E-state index contributed by atoms with van der Waals surface area (Å²) in [5.74, 6) is 0. The lowest BCUT2D eigenvalue weighted by Crippen LogP contribution is -1.79. The number of hydrogen-bond donors (Lipinski definition) is 1. The molecule has 4 rings (SSSR count). The van der Waals surface area contributed by atoms with Gasteiger partial charge in [-0.3, -0.25) is 0 Å². The maximum absolute atomic E-state index is 8.46. The molecule has 0 fully saturated rings. The van der Waals surface area contributed by atoms with Gasteiger partial charge in [0.15, 0.2) is 0 Å². The van der Waals surface area contributed by atoms with E-state index in [1.165, 1.54) is 32.3 Å². The molecule has 0 atom stereocenters. The minimum absolute atomic E-state index is 0.833. The van der Waals surface area contributed by atoms with Crippen LogP contribution in [0.2, 0.25) is 0 Å². The number of benzene rings is 4. The van der Waals surface area contributed by atoms with Gasteiger partial charge in [0.25, 0.3) is 0 Å². The molecular weight excluding hydrogens is 279 g/mol. The van der Waals surface area contributed by atoms with E-state index in [2.05, 4.69) is 72.8 Å². The SMILES string of the molecule is O=PO.c1ccc2c(c1)ccc1c3ccccc3ccc21. The van der Waals surface area contributed by atoms with E-state index < -0.39 is 8.69 Å². The fraction of sp³-hybridized carbons (Fsp3) is 0. The first-order valence-electron chi connectivity index (χ1n) is 6.61. The Labute approximate surface area is 123 Å². The van der Waals surface area contributed by atoms with E-state index in [1.54, 1.807) is 0 Å². The highest BCUT2D eigenvalue weighted by atomic mass is 31.1. The summed E-state index contributed by atoms with van der Waals surface area (Å²) in [6.45, 7) is 0. The van der Waals surface area contributed by atoms with Crippen molar-refractivity contribution in [1.82, 2.24) is 0 Å². The van der Waals surface area contributed by atoms with E-state index >= 15 is 0 Å². The van der Waals surface area contributed by atoms with E-state index in [0.29, 0.717) is 0 Å². The van der Waals surface area contributed by atoms with E-state index in [0.717, 1.165) is 0 Å². The van der Waals surface area contributed by atoms with Crippen molar-refractivity contribution in [1.29, 1.82) is 0 Å². The molecule has 0 radical (unpaired) electrons. The van der Waals surface area contributed by atoms with Crippen molar-refractivity contribution in [2.45, 2.75) is 0 Å². The molecule has 0 aromatic heterocycles. The van der Waals surface area contributed by atoms with Crippen molar-refractivity contribution < 1.29 is 9.46 Å². The molecule has 0 spiro atoms. The van der Waals surface area contributed by atoms with Gasteiger partial charge in [0.2, 0.25) is 0 Å². The molecule has 0 aliphatic heterocycles. The maximum atomic E-state index is 8.46. The molecule has 4 aromatic rings. The van der Waals surface area contributed by atoms with Gasteiger partial charge in [-0.1, -0.05) is 72.8 Å². The first-order chi connectivity index (χ1) is 10.3. The number of rotatable bonds is 0. The second-order valence-corrected chi connectivity index (χ2v) is 4.91. The van der Waals surface area contributed by atoms with Gasteiger partial charge in [-0.25, -0.2) is 4.57 Å². The number of hydrogen-bond acceptors (Lipinski definition) is 1. The Morgan fingerprint density at radius 1 is 0.571 bits per heavy atom. The summed E-state index contributed by atoms with van der Waals surface area (Å²) in [6.07, 6.45) is 0. The summed E-state index contributed by atoms with van der Waals surface area (Å²) in [5, 5.41) is 7.96. The summed E-state index contributed by atoms with van der Waals surface area (Å²) in [5.41, 5.74) is 0. The fourth-order valence-corrected chi connectivity index (χ4v) is 2.77. The molecule has 4 aromatic carbocycles. The Balaban J connectivity index is 0.000000409. The van der Waals surface area contributed by atoms with E-state index in [4.69, 9.17) is 9.46 Å². The van der Waals surface area contributed by atoms with Crippen molar-refractivity contribution in [2.24, 2.45) is 0 Å². The first kappa shape index (κ1) is 13.7. The predicted molar refractivity (Wildman–Crippen MR) is 88.8 cm³/mol. The van der Waals surface area contributed by atoms with Gasteiger partial charge >= 0.3 is 8.69 Å². The quantitative estimate of drug-likeness (QED) is 0.351. The minimum Gasteiger partial charge on any atom is -0.310 e. The molecule has 102 valence electrons. The standard InChI is InChI=1S/C18H12.HO2P/c1-3-7-15-13(5-1)9-11-18-16-8-4-2-6-14(16)10-12-17(15)18;1-3-2/h1-12H;(H,1,2). The summed E-state index contributed by atoms with van der Waals surface area (Å²) < 4.78 is 8.46. The van der Waals surface area contributed by atoms with Crippen LogP contribution in [0.3, 0.4) is 0 Å². The average molecular weight is 292 g/mol. The lowest BCUT2D eigenvalue weighted by atomic mass is 9.97. The Kier molecular flexibility index (Phi) is 3.92. The normalized spacial score (nSPS) is 10.7. The Bertz CT molecular complexity index is 857. The van der Waals surface area contributed by atoms with E-state index in [1.807, 2.05) is 0 Å². The zero-order chi connectivity index (χ0) is 14.7. The molecule has 0 aliphatic rings. The summed E-state index contributed by atoms with van der Waals surface area (Å²) in [6, 6.07) is 26.0. The molecule has 0 saturated carbocycles. The molecular formula is C18H13O2P. The molecule has 1 N–H and O–H groups in total. The molecule has 0 unspecified atom stereocenters. The van der Waals surface area contributed by atoms with Crippen LogP contribution in [-0.2, 0) is 4.57 Å². The van der Waals surface area contributed by atoms with Crippen molar-refractivity contribution in [2.75, 3.05) is 0 Å². The molecule has 0 bridgehead atoms. The van der Waals surface area contributed by atoms with Crippen LogP contribution >= 0.6 is 8.69 Å². The van der Waals surface area contributed by atoms with E-state index in [-0.39, 0.29) is 0 Å². The van der Waals surface area contributed by atoms with Gasteiger partial charge in [-0.05, 0) is 32.3 Å². The molecule has 0 heterocycles. The summed E-state index contributed by atoms with van der Waals surface area (Å²) in [7, 11) is -0.833. The molecule has 0 amide bonds. The largest absolute Gasteiger partial charge is 0.324 e. The highest BCUT2D eigenvalue weighted by Gasteiger charge is 2.03. The zero-order valence-corrected chi connectivity index (χ0v) is 12.1. The third kappa shape index (κ3) is 2.52. The van der Waals surface area contributed by atoms with Gasteiger partial charge in [0.1, 0.15) is 0 Å². The van der Waals surface area contributed by atoms with Crippen LogP contribution in [0.4, 0.5) is 0 Å². The third-order valence-electron chi connectivity index (χ3n) is 3.65. The van der Waals surface area contributed by atoms with Crippen LogP contribution in [0.5, 0.6) is 0 Å². The number of fused-ring (bicyclic) bond motifs is 5. The van der Waals surface area contributed by atoms with Crippen molar-refractivity contribution in [3.05, 3.63) is 72.8 Å². The van der Waals surface area contributed by atoms with Gasteiger partial charge in [0.05, 0.1) is 0 Å². The van der Waals surface area contributed by atoms with Crippen LogP contribution in [-0.4, -0.2) is 4.89 Å². The van der Waals surface area contributed by atoms with E-state index in [9.17, 15) is 0 Å². The average Bonchev–Trinajstić information content (AvgIpc) is 2.55. The predicted octanol–water partition coefficient (Wildman–Crippen LogP) is 5.33. The summed E-state index contributed by atoms with van der Waals surface area (Å²) >= 11 is 0. The smallest absolute Gasteiger partial charge is 0.310 e. The van der Waals surface area contributed by atoms with Gasteiger partial charge in [0, 0.05) is 0 Å². The van der Waals surface area contributed by atoms with Crippen LogP contribution < -0.4 is 0 Å². The monoisotopic (exact) mass is 292 g/mol. The topological polar surface area (TPSA) is 37.3 Å². The molecule has 21 heavy (non-hydrogen) atoms. The highest BCUT2D eigenvalue weighted by Crippen LogP contribution is 2.30. The molecule has 2 nitrogen and oxygen atoms in total. The van der Waals surface area contributed by atoms with Gasteiger partial charge < -0.3 is 4.89 Å². The summed E-state index contributed by atoms with van der Waals surface area (Å²) in [4.78, 5) is 6.99. The zero-order valence-electron chi connectivity index (χ0n) is 11.2. The van der Waals surface area contributed by atoms with Crippen LogP contribution in [0.1, 0.15) is 0 Å². The Hall–Kier alpha value is -2.28. The second kappa shape index (κ2) is 6.01. The maximum Gasteiger partial charge on any atom is 0.324 e. The van der Waals surface area contributed by atoms with Gasteiger partial charge in [-0.15, -0.1) is 0 Å². The van der Waals surface area contributed by atoms with Crippen LogP contribution in [0, 0.1) is 0 Å². The van der Waals surface area contributed by atoms with Crippen LogP contribution in [0.25, 0.3) is 32.3 Å². The molecule has 3 heteroatoms. The molecule has 0 saturated heterocycles. The first-order valence-corrected chi connectivity index (χ1v) is 7.37. The second-order valence-electron chi connectivity index (χ2n) is 4.75. The lowest BCUT2D eigenvalue weighted by molar-refractivity contribution is 0.524. The van der Waals surface area contributed by atoms with Crippen molar-refractivity contribution in [3.8, 4) is 0 Å². The van der Waals surface area contributed by atoms with Crippen molar-refractivity contribution >= 4 is 41.0 Å². The van der Waals surface area contributed by atoms with Crippen LogP contribution in [0.15, 0.2) is 72.8 Å². The molecule has 0 aliphatic carbocycles. The Morgan fingerprint density at radius 3 is 1.38 bits per heavy atom. The lowest BCUT2D eigenvalue weighted by Gasteiger charge is -2.07.